The van der Waals surface area contributed by atoms with Gasteiger partial charge in [0.05, 0.1) is 0 Å². The van der Waals surface area contributed by atoms with E-state index in [1.165, 1.54) is 11.1 Å². The summed E-state index contributed by atoms with van der Waals surface area (Å²) in [6.07, 6.45) is 1.95. The molecule has 0 saturated heterocycles. The van der Waals surface area contributed by atoms with Crippen molar-refractivity contribution in [1.82, 2.24) is 0 Å². The number of benzene rings is 1. The lowest BCUT2D eigenvalue weighted by Gasteiger charge is -2.22. The monoisotopic (exact) mass is 250 g/mol. The zero-order chi connectivity index (χ0) is 12.7. The molecule has 2 nitrogen and oxygen atoms in total. The predicted octanol–water partition coefficient (Wildman–Crippen LogP) is 3.10. The van der Waals surface area contributed by atoms with E-state index in [2.05, 4.69) is 37.8 Å². The normalized spacial score (nSPS) is 12.7. The maximum atomic E-state index is 5.77. The van der Waals surface area contributed by atoms with Gasteiger partial charge in [-0.05, 0) is 26.3 Å². The third-order valence-electron chi connectivity index (χ3n) is 2.67. The molecule has 0 aliphatic rings. The SMILES string of the molecule is C=CC(c1ccc(C)cc1)[SiH](OCC)OCC. The third-order valence-corrected chi connectivity index (χ3v) is 5.24. The molecule has 1 atom stereocenters. The van der Waals surface area contributed by atoms with Crippen molar-refractivity contribution >= 4 is 9.28 Å². The zero-order valence-corrected chi connectivity index (χ0v) is 12.1. The molecule has 1 aromatic carbocycles. The molecule has 0 bridgehead atoms. The second-order valence-corrected chi connectivity index (χ2v) is 6.07. The maximum absolute atomic E-state index is 5.77. The van der Waals surface area contributed by atoms with E-state index in [0.29, 0.717) is 13.2 Å². The van der Waals surface area contributed by atoms with Gasteiger partial charge in [-0.25, -0.2) is 0 Å². The molecular formula is C14H22O2Si. The fourth-order valence-corrected chi connectivity index (χ4v) is 3.70. The van der Waals surface area contributed by atoms with Crippen LogP contribution in [0.5, 0.6) is 0 Å². The van der Waals surface area contributed by atoms with Gasteiger partial charge in [-0.3, -0.25) is 0 Å². The number of hydrogen-bond donors (Lipinski definition) is 0. The molecule has 0 amide bonds. The van der Waals surface area contributed by atoms with Crippen LogP contribution in [0.1, 0.15) is 30.5 Å². The molecule has 1 rings (SSSR count). The summed E-state index contributed by atoms with van der Waals surface area (Å²) in [7, 11) is -1.71. The van der Waals surface area contributed by atoms with Crippen molar-refractivity contribution in [1.29, 1.82) is 0 Å². The van der Waals surface area contributed by atoms with Gasteiger partial charge in [0, 0.05) is 18.8 Å². The summed E-state index contributed by atoms with van der Waals surface area (Å²) in [6.45, 7) is 11.4. The van der Waals surface area contributed by atoms with Crippen molar-refractivity contribution in [2.45, 2.75) is 26.3 Å². The van der Waals surface area contributed by atoms with Crippen LogP contribution in [0, 0.1) is 6.92 Å². The summed E-state index contributed by atoms with van der Waals surface area (Å²) in [5.41, 5.74) is 2.72. The summed E-state index contributed by atoms with van der Waals surface area (Å²) < 4.78 is 11.5. The van der Waals surface area contributed by atoms with Gasteiger partial charge in [0.25, 0.3) is 0 Å². The average molecular weight is 250 g/mol. The highest BCUT2D eigenvalue weighted by atomic mass is 28.3. The lowest BCUT2D eigenvalue weighted by molar-refractivity contribution is 0.209. The molecule has 17 heavy (non-hydrogen) atoms. The van der Waals surface area contributed by atoms with E-state index in [-0.39, 0.29) is 5.54 Å². The first kappa shape index (κ1) is 14.2. The van der Waals surface area contributed by atoms with Crippen LogP contribution in [0.15, 0.2) is 36.9 Å². The molecule has 0 aliphatic heterocycles. The van der Waals surface area contributed by atoms with Gasteiger partial charge in [0.2, 0.25) is 0 Å². The van der Waals surface area contributed by atoms with Crippen molar-refractivity contribution in [3.05, 3.63) is 48.0 Å². The first-order chi connectivity index (χ1) is 8.22. The van der Waals surface area contributed by atoms with E-state index in [4.69, 9.17) is 8.85 Å². The molecule has 0 aromatic heterocycles. The Bertz CT molecular complexity index is 329. The van der Waals surface area contributed by atoms with Crippen LogP contribution in [0.25, 0.3) is 0 Å². The van der Waals surface area contributed by atoms with Gasteiger partial charge in [-0.2, -0.15) is 0 Å². The fraction of sp³-hybridized carbons (Fsp3) is 0.429. The highest BCUT2D eigenvalue weighted by Gasteiger charge is 2.24. The lowest BCUT2D eigenvalue weighted by Crippen LogP contribution is -2.30. The first-order valence-corrected chi connectivity index (χ1v) is 7.76. The largest absolute Gasteiger partial charge is 0.396 e. The smallest absolute Gasteiger partial charge is 0.333 e. The fourth-order valence-electron chi connectivity index (χ4n) is 1.78. The number of allylic oxidation sites excluding steroid dienone is 1. The molecule has 1 aromatic rings. The van der Waals surface area contributed by atoms with Crippen molar-refractivity contribution in [3.8, 4) is 0 Å². The second kappa shape index (κ2) is 7.43. The Morgan fingerprint density at radius 2 is 1.71 bits per heavy atom. The Kier molecular flexibility index (Phi) is 6.19. The number of hydrogen-bond acceptors (Lipinski definition) is 2. The van der Waals surface area contributed by atoms with Crippen molar-refractivity contribution in [2.75, 3.05) is 13.2 Å². The van der Waals surface area contributed by atoms with Gasteiger partial charge in [0.15, 0.2) is 0 Å². The highest BCUT2D eigenvalue weighted by molar-refractivity contribution is 6.47. The Morgan fingerprint density at radius 3 is 2.12 bits per heavy atom. The second-order valence-electron chi connectivity index (χ2n) is 3.95. The average Bonchev–Trinajstić information content (AvgIpc) is 2.33. The number of aryl methyl sites for hydroxylation is 1. The molecule has 0 spiro atoms. The third kappa shape index (κ3) is 4.11. The minimum atomic E-state index is -1.71. The molecule has 0 aliphatic carbocycles. The Morgan fingerprint density at radius 1 is 1.18 bits per heavy atom. The van der Waals surface area contributed by atoms with E-state index < -0.39 is 9.28 Å². The molecule has 94 valence electrons. The summed E-state index contributed by atoms with van der Waals surface area (Å²) >= 11 is 0. The standard InChI is InChI=1S/C14H22O2Si/c1-5-14(17(15-6-2)16-7-3)13-10-8-12(4)9-11-13/h5,8-11,14,17H,1,6-7H2,2-4H3. The van der Waals surface area contributed by atoms with E-state index in [0.717, 1.165) is 0 Å². The molecule has 3 heteroatoms. The molecule has 0 saturated carbocycles. The predicted molar refractivity (Wildman–Crippen MR) is 74.5 cm³/mol. The van der Waals surface area contributed by atoms with Crippen LogP contribution in [-0.2, 0) is 8.85 Å². The van der Waals surface area contributed by atoms with Crippen LogP contribution in [0.3, 0.4) is 0 Å². The van der Waals surface area contributed by atoms with E-state index in [1.54, 1.807) is 0 Å². The molecule has 1 unspecified atom stereocenters. The maximum Gasteiger partial charge on any atom is 0.333 e. The highest BCUT2D eigenvalue weighted by Crippen LogP contribution is 2.22. The topological polar surface area (TPSA) is 18.5 Å². The summed E-state index contributed by atoms with van der Waals surface area (Å²) in [5, 5.41) is 0. The Hall–Kier alpha value is -0.903. The molecule has 0 heterocycles. The molecule has 0 fully saturated rings. The first-order valence-electron chi connectivity index (χ1n) is 6.15. The van der Waals surface area contributed by atoms with Gasteiger partial charge in [-0.1, -0.05) is 35.9 Å². The van der Waals surface area contributed by atoms with Gasteiger partial charge < -0.3 is 8.85 Å². The summed E-state index contributed by atoms with van der Waals surface area (Å²) in [4.78, 5) is 0. The van der Waals surface area contributed by atoms with Gasteiger partial charge in [-0.15, -0.1) is 6.58 Å². The van der Waals surface area contributed by atoms with Crippen LogP contribution in [0.2, 0.25) is 0 Å². The number of rotatable bonds is 7. The molecule has 0 radical (unpaired) electrons. The summed E-state index contributed by atoms with van der Waals surface area (Å²) in [5.74, 6) is 0. The van der Waals surface area contributed by atoms with Crippen LogP contribution < -0.4 is 0 Å². The minimum Gasteiger partial charge on any atom is -0.396 e. The van der Waals surface area contributed by atoms with Crippen molar-refractivity contribution in [3.63, 3.8) is 0 Å². The Labute approximate surface area is 106 Å². The zero-order valence-electron chi connectivity index (χ0n) is 11.0. The lowest BCUT2D eigenvalue weighted by atomic mass is 10.1. The Balaban J connectivity index is 2.87. The van der Waals surface area contributed by atoms with E-state index in [9.17, 15) is 0 Å². The van der Waals surface area contributed by atoms with E-state index >= 15 is 0 Å². The van der Waals surface area contributed by atoms with Crippen molar-refractivity contribution < 1.29 is 8.85 Å². The van der Waals surface area contributed by atoms with Crippen LogP contribution in [-0.4, -0.2) is 22.5 Å². The van der Waals surface area contributed by atoms with E-state index in [1.807, 2.05) is 19.9 Å². The quantitative estimate of drug-likeness (QED) is 0.547. The summed E-state index contributed by atoms with van der Waals surface area (Å²) in [6, 6.07) is 8.52. The van der Waals surface area contributed by atoms with Gasteiger partial charge >= 0.3 is 9.28 Å². The minimum absolute atomic E-state index is 0.218. The van der Waals surface area contributed by atoms with Crippen LogP contribution in [0.4, 0.5) is 0 Å². The molecule has 0 N–H and O–H groups in total. The van der Waals surface area contributed by atoms with Crippen LogP contribution >= 0.6 is 0 Å². The van der Waals surface area contributed by atoms with Gasteiger partial charge in [0.1, 0.15) is 0 Å². The molecular weight excluding hydrogens is 228 g/mol. The van der Waals surface area contributed by atoms with Crippen molar-refractivity contribution in [2.24, 2.45) is 0 Å².